The number of anilines is 1. The van der Waals surface area contributed by atoms with Gasteiger partial charge in [-0.05, 0) is 38.0 Å². The molecule has 0 radical (unpaired) electrons. The topological polar surface area (TPSA) is 111 Å². The number of carbonyl (C=O) groups is 3. The molecule has 1 unspecified atom stereocenters. The lowest BCUT2D eigenvalue weighted by Crippen LogP contribution is -2.44. The second kappa shape index (κ2) is 8.03. The van der Waals surface area contributed by atoms with Gasteiger partial charge in [-0.3, -0.25) is 9.59 Å². The molecule has 1 aliphatic heterocycles. The van der Waals surface area contributed by atoms with Crippen molar-refractivity contribution in [3.8, 4) is 12.1 Å². The standard InChI is InChI=1S/C26H21N3O4/c1-3-33-23(31)20-13-25(26(15-27,16-28)22(20)18-7-5-4-6-8-18)14-21(30)29(24(25)32)19-11-9-17(2)10-12-19/h4-12H,3,13-14H2,1-2H3. The van der Waals surface area contributed by atoms with E-state index in [1.165, 1.54) is 0 Å². The van der Waals surface area contributed by atoms with Crippen LogP contribution in [0.15, 0.2) is 60.2 Å². The third-order valence-electron chi connectivity index (χ3n) is 6.40. The van der Waals surface area contributed by atoms with Crippen LogP contribution in [0, 0.1) is 40.4 Å². The quantitative estimate of drug-likeness (QED) is 0.530. The first-order chi connectivity index (χ1) is 15.8. The lowest BCUT2D eigenvalue weighted by atomic mass is 9.62. The number of hydrogen-bond donors (Lipinski definition) is 0. The number of rotatable bonds is 4. The van der Waals surface area contributed by atoms with Gasteiger partial charge in [0.1, 0.15) is 0 Å². The fraction of sp³-hybridized carbons (Fsp3) is 0.269. The van der Waals surface area contributed by atoms with Gasteiger partial charge in [-0.1, -0.05) is 48.0 Å². The molecule has 7 nitrogen and oxygen atoms in total. The summed E-state index contributed by atoms with van der Waals surface area (Å²) < 4.78 is 5.22. The van der Waals surface area contributed by atoms with E-state index in [9.17, 15) is 24.9 Å². The van der Waals surface area contributed by atoms with E-state index in [2.05, 4.69) is 0 Å². The van der Waals surface area contributed by atoms with Gasteiger partial charge in [0.15, 0.2) is 5.41 Å². The largest absolute Gasteiger partial charge is 0.463 e. The first-order valence-electron chi connectivity index (χ1n) is 10.6. The molecule has 1 aliphatic carbocycles. The van der Waals surface area contributed by atoms with Crippen molar-refractivity contribution in [1.29, 1.82) is 10.5 Å². The van der Waals surface area contributed by atoms with Gasteiger partial charge in [-0.2, -0.15) is 10.5 Å². The fourth-order valence-electron chi connectivity index (χ4n) is 4.85. The van der Waals surface area contributed by atoms with Gasteiger partial charge < -0.3 is 4.74 Å². The molecule has 1 saturated heterocycles. The van der Waals surface area contributed by atoms with Crippen LogP contribution in [0.1, 0.15) is 30.9 Å². The Bertz CT molecular complexity index is 1250. The summed E-state index contributed by atoms with van der Waals surface area (Å²) in [7, 11) is 0. The number of ether oxygens (including phenoxy) is 1. The number of amides is 2. The van der Waals surface area contributed by atoms with Crippen LogP contribution in [-0.2, 0) is 19.1 Å². The van der Waals surface area contributed by atoms with Gasteiger partial charge in [0.05, 0.1) is 29.8 Å². The zero-order chi connectivity index (χ0) is 23.8. The van der Waals surface area contributed by atoms with Crippen molar-refractivity contribution in [2.75, 3.05) is 11.5 Å². The number of hydrogen-bond acceptors (Lipinski definition) is 6. The molecule has 2 aromatic carbocycles. The Morgan fingerprint density at radius 3 is 2.24 bits per heavy atom. The number of allylic oxidation sites excluding steroid dienone is 1. The smallest absolute Gasteiger partial charge is 0.334 e. The average molecular weight is 439 g/mol. The highest BCUT2D eigenvalue weighted by Crippen LogP contribution is 2.63. The number of imide groups is 1. The third kappa shape index (κ3) is 3.05. The average Bonchev–Trinajstić information content (AvgIpc) is 3.26. The van der Waals surface area contributed by atoms with Crippen molar-refractivity contribution in [2.24, 2.45) is 10.8 Å². The fourth-order valence-corrected chi connectivity index (χ4v) is 4.85. The molecule has 33 heavy (non-hydrogen) atoms. The van der Waals surface area contributed by atoms with E-state index in [0.717, 1.165) is 10.5 Å². The predicted molar refractivity (Wildman–Crippen MR) is 119 cm³/mol. The minimum Gasteiger partial charge on any atom is -0.463 e. The van der Waals surface area contributed by atoms with Crippen LogP contribution in [0.25, 0.3) is 5.57 Å². The Kier molecular flexibility index (Phi) is 5.35. The Morgan fingerprint density at radius 2 is 1.67 bits per heavy atom. The van der Waals surface area contributed by atoms with E-state index in [-0.39, 0.29) is 30.6 Å². The molecule has 1 atom stereocenters. The molecule has 4 rings (SSSR count). The van der Waals surface area contributed by atoms with Gasteiger partial charge in [0.25, 0.3) is 0 Å². The maximum Gasteiger partial charge on any atom is 0.334 e. The van der Waals surface area contributed by atoms with E-state index in [1.807, 2.05) is 19.1 Å². The zero-order valence-electron chi connectivity index (χ0n) is 18.3. The van der Waals surface area contributed by atoms with Crippen molar-refractivity contribution < 1.29 is 19.1 Å². The number of esters is 1. The van der Waals surface area contributed by atoms with Gasteiger partial charge in [-0.15, -0.1) is 0 Å². The van der Waals surface area contributed by atoms with Crippen LogP contribution in [-0.4, -0.2) is 24.4 Å². The molecule has 1 spiro atoms. The Hall–Kier alpha value is -4.23. The zero-order valence-corrected chi connectivity index (χ0v) is 18.3. The normalized spacial score (nSPS) is 21.3. The van der Waals surface area contributed by atoms with Crippen molar-refractivity contribution in [3.05, 3.63) is 71.3 Å². The molecular weight excluding hydrogens is 418 g/mol. The lowest BCUT2D eigenvalue weighted by Gasteiger charge is -2.32. The molecule has 7 heteroatoms. The van der Waals surface area contributed by atoms with Crippen LogP contribution in [0.3, 0.4) is 0 Å². The summed E-state index contributed by atoms with van der Waals surface area (Å²) in [5, 5.41) is 20.7. The maximum absolute atomic E-state index is 13.9. The highest BCUT2D eigenvalue weighted by atomic mass is 16.5. The van der Waals surface area contributed by atoms with Gasteiger partial charge in [0.2, 0.25) is 11.8 Å². The predicted octanol–water partition coefficient (Wildman–Crippen LogP) is 3.70. The summed E-state index contributed by atoms with van der Waals surface area (Å²) in [5.74, 6) is -1.87. The van der Waals surface area contributed by atoms with E-state index in [0.29, 0.717) is 11.3 Å². The van der Waals surface area contributed by atoms with Crippen molar-refractivity contribution in [1.82, 2.24) is 0 Å². The van der Waals surface area contributed by atoms with Gasteiger partial charge >= 0.3 is 5.97 Å². The number of nitriles is 2. The Balaban J connectivity index is 1.94. The van der Waals surface area contributed by atoms with E-state index < -0.39 is 28.6 Å². The molecule has 2 aliphatic rings. The van der Waals surface area contributed by atoms with Crippen LogP contribution in [0.4, 0.5) is 5.69 Å². The minimum absolute atomic E-state index is 0.0815. The highest BCUT2D eigenvalue weighted by molar-refractivity contribution is 6.25. The molecule has 0 aromatic heterocycles. The second-order valence-corrected chi connectivity index (χ2v) is 8.22. The number of nitrogens with zero attached hydrogens (tertiary/aromatic N) is 3. The highest BCUT2D eigenvalue weighted by Gasteiger charge is 2.71. The number of aryl methyl sites for hydroxylation is 1. The monoisotopic (exact) mass is 439 g/mol. The van der Waals surface area contributed by atoms with E-state index in [1.54, 1.807) is 61.5 Å². The molecule has 0 bridgehead atoms. The summed E-state index contributed by atoms with van der Waals surface area (Å²) in [4.78, 5) is 41.0. The molecule has 2 aromatic rings. The summed E-state index contributed by atoms with van der Waals surface area (Å²) >= 11 is 0. The summed E-state index contributed by atoms with van der Waals surface area (Å²) in [6.45, 7) is 3.62. The minimum atomic E-state index is -2.04. The van der Waals surface area contributed by atoms with Gasteiger partial charge in [0, 0.05) is 17.6 Å². The summed E-state index contributed by atoms with van der Waals surface area (Å²) in [6.07, 6.45) is -0.593. The van der Waals surface area contributed by atoms with Crippen molar-refractivity contribution >= 4 is 29.0 Å². The summed E-state index contributed by atoms with van der Waals surface area (Å²) in [6, 6.07) is 19.5. The molecule has 1 fully saturated rings. The maximum atomic E-state index is 13.9. The summed E-state index contributed by atoms with van der Waals surface area (Å²) in [5.41, 5.74) is -1.77. The number of benzene rings is 2. The van der Waals surface area contributed by atoms with E-state index in [4.69, 9.17) is 4.74 Å². The Labute approximate surface area is 191 Å². The van der Waals surface area contributed by atoms with Crippen LogP contribution in [0.5, 0.6) is 0 Å². The third-order valence-corrected chi connectivity index (χ3v) is 6.40. The van der Waals surface area contributed by atoms with Crippen LogP contribution >= 0.6 is 0 Å². The Morgan fingerprint density at radius 1 is 1.03 bits per heavy atom. The van der Waals surface area contributed by atoms with Gasteiger partial charge in [-0.25, -0.2) is 9.69 Å². The molecule has 1 heterocycles. The molecule has 0 saturated carbocycles. The second-order valence-electron chi connectivity index (χ2n) is 8.22. The lowest BCUT2D eigenvalue weighted by molar-refractivity contribution is -0.138. The molecular formula is C26H21N3O4. The van der Waals surface area contributed by atoms with Crippen molar-refractivity contribution in [3.63, 3.8) is 0 Å². The van der Waals surface area contributed by atoms with Crippen LogP contribution in [0.2, 0.25) is 0 Å². The van der Waals surface area contributed by atoms with E-state index >= 15 is 0 Å². The first-order valence-corrected chi connectivity index (χ1v) is 10.6. The molecule has 2 amide bonds. The number of carbonyl (C=O) groups excluding carboxylic acids is 3. The first kappa shape index (κ1) is 22.0. The van der Waals surface area contributed by atoms with Crippen LogP contribution < -0.4 is 4.90 Å². The van der Waals surface area contributed by atoms with Crippen molar-refractivity contribution in [2.45, 2.75) is 26.7 Å². The molecule has 164 valence electrons. The molecule has 0 N–H and O–H groups in total. The SMILES string of the molecule is CCOC(=O)C1=C(c2ccccc2)C(C#N)(C#N)C2(CC(=O)N(c3ccc(C)cc3)C2=O)C1.